The molecule has 0 unspecified atom stereocenters. The number of rotatable bonds is 5. The number of aromatic hydroxyl groups is 2. The molecule has 4 rings (SSSR count). The number of aryl methyl sites for hydroxylation is 1. The number of para-hydroxylation sites is 1. The van der Waals surface area contributed by atoms with Crippen molar-refractivity contribution in [1.29, 1.82) is 0 Å². The van der Waals surface area contributed by atoms with Crippen molar-refractivity contribution in [3.8, 4) is 28.6 Å². The highest BCUT2D eigenvalue weighted by Gasteiger charge is 2.18. The number of fused-ring (bicyclic) bond motifs is 1. The monoisotopic (exact) mass is 443 g/mol. The Morgan fingerprint density at radius 1 is 1.09 bits per heavy atom. The van der Waals surface area contributed by atoms with Crippen molar-refractivity contribution in [1.82, 2.24) is 9.66 Å². The Hall–Kier alpha value is -4.13. The number of hydrogen-bond acceptors (Lipinski definition) is 6. The van der Waals surface area contributed by atoms with Crippen LogP contribution in [0.4, 0.5) is 0 Å². The number of nitrogens with zero attached hydrogens (tertiary/aromatic N) is 3. The molecule has 4 aromatic rings. The van der Waals surface area contributed by atoms with Crippen molar-refractivity contribution in [3.63, 3.8) is 0 Å². The Bertz CT molecular complexity index is 1440. The highest BCUT2D eigenvalue weighted by Crippen LogP contribution is 2.34. The maximum Gasteiger partial charge on any atom is 0.282 e. The lowest BCUT2D eigenvalue weighted by molar-refractivity contribution is 0.407. The van der Waals surface area contributed by atoms with Gasteiger partial charge in [-0.05, 0) is 60.4 Å². The van der Waals surface area contributed by atoms with Crippen molar-refractivity contribution in [3.05, 3.63) is 81.6 Å². The molecule has 7 nitrogen and oxygen atoms in total. The molecule has 0 aliphatic rings. The lowest BCUT2D eigenvalue weighted by Gasteiger charge is -2.17. The second kappa shape index (κ2) is 8.78. The molecule has 2 N–H and O–H groups in total. The third-order valence-corrected chi connectivity index (χ3v) is 5.52. The van der Waals surface area contributed by atoms with Gasteiger partial charge in [0.2, 0.25) is 0 Å². The summed E-state index contributed by atoms with van der Waals surface area (Å²) in [6.07, 6.45) is 1.37. The zero-order chi connectivity index (χ0) is 23.7. The molecule has 0 aliphatic heterocycles. The van der Waals surface area contributed by atoms with E-state index in [1.54, 1.807) is 25.3 Å². The van der Waals surface area contributed by atoms with E-state index in [4.69, 9.17) is 9.72 Å². The van der Waals surface area contributed by atoms with Crippen LogP contribution in [0.2, 0.25) is 0 Å². The average Bonchev–Trinajstić information content (AvgIpc) is 2.79. The van der Waals surface area contributed by atoms with Crippen molar-refractivity contribution in [2.45, 2.75) is 26.7 Å². The molecule has 0 fully saturated rings. The summed E-state index contributed by atoms with van der Waals surface area (Å²) < 4.78 is 6.81. The Morgan fingerprint density at radius 3 is 2.55 bits per heavy atom. The van der Waals surface area contributed by atoms with Gasteiger partial charge in [0.25, 0.3) is 5.56 Å². The van der Waals surface area contributed by atoms with Crippen LogP contribution in [0.25, 0.3) is 22.3 Å². The number of phenols is 2. The highest BCUT2D eigenvalue weighted by atomic mass is 16.5. The van der Waals surface area contributed by atoms with Crippen molar-refractivity contribution in [2.24, 2.45) is 5.10 Å². The first-order chi connectivity index (χ1) is 15.8. The predicted octanol–water partition coefficient (Wildman–Crippen LogP) is 4.80. The fourth-order valence-electron chi connectivity index (χ4n) is 3.73. The molecule has 1 aromatic heterocycles. The molecule has 0 aliphatic carbocycles. The van der Waals surface area contributed by atoms with Gasteiger partial charge in [0.05, 0.1) is 24.2 Å². The SMILES string of the molecule is COc1cc(C)c(-c2nc3ccccc3c(=O)n2N=Cc2ccc(O)cc2O)cc1C(C)C. The lowest BCUT2D eigenvalue weighted by Crippen LogP contribution is -2.20. The van der Waals surface area contributed by atoms with Crippen LogP contribution in [0.1, 0.15) is 36.5 Å². The van der Waals surface area contributed by atoms with E-state index in [1.807, 2.05) is 25.1 Å². The molecule has 0 saturated heterocycles. The van der Waals surface area contributed by atoms with Crippen LogP contribution < -0.4 is 10.3 Å². The molecule has 33 heavy (non-hydrogen) atoms. The van der Waals surface area contributed by atoms with Gasteiger partial charge < -0.3 is 14.9 Å². The second-order valence-corrected chi connectivity index (χ2v) is 8.12. The van der Waals surface area contributed by atoms with Gasteiger partial charge >= 0.3 is 0 Å². The highest BCUT2D eigenvalue weighted by molar-refractivity contribution is 5.85. The van der Waals surface area contributed by atoms with E-state index < -0.39 is 0 Å². The maximum absolute atomic E-state index is 13.4. The summed E-state index contributed by atoms with van der Waals surface area (Å²) in [5, 5.41) is 24.5. The van der Waals surface area contributed by atoms with Crippen molar-refractivity contribution in [2.75, 3.05) is 7.11 Å². The lowest BCUT2D eigenvalue weighted by atomic mass is 9.96. The number of hydrogen-bond donors (Lipinski definition) is 2. The fraction of sp³-hybridized carbons (Fsp3) is 0.192. The van der Waals surface area contributed by atoms with Crippen LogP contribution in [0.5, 0.6) is 17.2 Å². The first kappa shape index (κ1) is 22.1. The summed E-state index contributed by atoms with van der Waals surface area (Å²) >= 11 is 0. The molecule has 0 atom stereocenters. The summed E-state index contributed by atoms with van der Waals surface area (Å²) in [5.41, 5.74) is 3.23. The van der Waals surface area contributed by atoms with Gasteiger partial charge in [-0.1, -0.05) is 26.0 Å². The van der Waals surface area contributed by atoms with Crippen LogP contribution in [-0.2, 0) is 0 Å². The minimum absolute atomic E-state index is 0.0649. The first-order valence-corrected chi connectivity index (χ1v) is 10.6. The summed E-state index contributed by atoms with van der Waals surface area (Å²) in [5.74, 6) is 1.14. The Morgan fingerprint density at radius 2 is 1.85 bits per heavy atom. The molecule has 0 amide bonds. The molecule has 168 valence electrons. The third-order valence-electron chi connectivity index (χ3n) is 5.52. The molecule has 3 aromatic carbocycles. The van der Waals surface area contributed by atoms with Crippen LogP contribution >= 0.6 is 0 Å². The molecule has 1 heterocycles. The number of ether oxygens (including phenoxy) is 1. The third kappa shape index (κ3) is 4.17. The van der Waals surface area contributed by atoms with Gasteiger partial charge in [-0.15, -0.1) is 0 Å². The Labute approximate surface area is 191 Å². The van der Waals surface area contributed by atoms with Gasteiger partial charge in [0.15, 0.2) is 5.82 Å². The summed E-state index contributed by atoms with van der Waals surface area (Å²) in [6.45, 7) is 6.08. The van der Waals surface area contributed by atoms with Crippen LogP contribution in [0, 0.1) is 6.92 Å². The van der Waals surface area contributed by atoms with E-state index in [0.717, 1.165) is 22.4 Å². The van der Waals surface area contributed by atoms with Crippen molar-refractivity contribution >= 4 is 17.1 Å². The van der Waals surface area contributed by atoms with E-state index in [0.29, 0.717) is 22.3 Å². The normalized spacial score (nSPS) is 11.5. The summed E-state index contributed by atoms with van der Waals surface area (Å²) in [6, 6.07) is 15.2. The maximum atomic E-state index is 13.4. The zero-order valence-corrected chi connectivity index (χ0v) is 18.9. The minimum atomic E-state index is -0.327. The quantitative estimate of drug-likeness (QED) is 0.432. The number of methoxy groups -OCH3 is 1. The first-order valence-electron chi connectivity index (χ1n) is 10.6. The molecule has 0 radical (unpaired) electrons. The van der Waals surface area contributed by atoms with E-state index in [-0.39, 0.29) is 23.0 Å². The fourth-order valence-corrected chi connectivity index (χ4v) is 3.73. The van der Waals surface area contributed by atoms with Crippen LogP contribution in [0.3, 0.4) is 0 Å². The molecule has 0 saturated carbocycles. The number of phenolic OH excluding ortho intramolecular Hbond substituents is 2. The van der Waals surface area contributed by atoms with Gasteiger partial charge in [-0.25, -0.2) is 4.98 Å². The summed E-state index contributed by atoms with van der Waals surface area (Å²) in [4.78, 5) is 18.2. The Kier molecular flexibility index (Phi) is 5.87. The van der Waals surface area contributed by atoms with E-state index in [9.17, 15) is 15.0 Å². The summed E-state index contributed by atoms with van der Waals surface area (Å²) in [7, 11) is 1.64. The predicted molar refractivity (Wildman–Crippen MR) is 130 cm³/mol. The minimum Gasteiger partial charge on any atom is -0.508 e. The smallest absolute Gasteiger partial charge is 0.282 e. The van der Waals surface area contributed by atoms with Crippen molar-refractivity contribution < 1.29 is 14.9 Å². The number of aromatic nitrogens is 2. The topological polar surface area (TPSA) is 96.9 Å². The average molecular weight is 444 g/mol. The molecule has 0 spiro atoms. The second-order valence-electron chi connectivity index (χ2n) is 8.12. The van der Waals surface area contributed by atoms with E-state index >= 15 is 0 Å². The van der Waals surface area contributed by atoms with Crippen LogP contribution in [-0.4, -0.2) is 33.2 Å². The van der Waals surface area contributed by atoms with Gasteiger partial charge in [-0.3, -0.25) is 4.79 Å². The zero-order valence-electron chi connectivity index (χ0n) is 18.9. The largest absolute Gasteiger partial charge is 0.508 e. The van der Waals surface area contributed by atoms with Crippen LogP contribution in [0.15, 0.2) is 64.5 Å². The van der Waals surface area contributed by atoms with Gasteiger partial charge in [0, 0.05) is 17.2 Å². The van der Waals surface area contributed by atoms with E-state index in [1.165, 1.54) is 29.1 Å². The Balaban J connectivity index is 2.00. The number of benzene rings is 3. The van der Waals surface area contributed by atoms with E-state index in [2.05, 4.69) is 18.9 Å². The van der Waals surface area contributed by atoms with Gasteiger partial charge in [0.1, 0.15) is 17.2 Å². The van der Waals surface area contributed by atoms with Gasteiger partial charge in [-0.2, -0.15) is 9.78 Å². The molecular formula is C26H25N3O4. The standard InChI is InChI=1S/C26H25N3O4/c1-15(2)20-13-21(16(3)11-24(20)33-4)25-28-22-8-6-5-7-19(22)26(32)29(25)27-14-17-9-10-18(30)12-23(17)31/h5-15,30-31H,1-4H3. The molecule has 7 heteroatoms. The molecule has 0 bridgehead atoms. The molecular weight excluding hydrogens is 418 g/mol.